The van der Waals surface area contributed by atoms with Gasteiger partial charge >= 0.3 is 0 Å². The highest BCUT2D eigenvalue weighted by Crippen LogP contribution is 2.32. The van der Waals surface area contributed by atoms with Crippen LogP contribution < -0.4 is 4.72 Å². The lowest BCUT2D eigenvalue weighted by Gasteiger charge is -2.40. The van der Waals surface area contributed by atoms with Crippen LogP contribution in [0.25, 0.3) is 0 Å². The monoisotopic (exact) mass is 356 g/mol. The molecule has 1 saturated carbocycles. The molecule has 0 unspecified atom stereocenters. The zero-order chi connectivity index (χ0) is 16.3. The summed E-state index contributed by atoms with van der Waals surface area (Å²) in [6.07, 6.45) is 7.69. The molecule has 1 aliphatic heterocycles. The van der Waals surface area contributed by atoms with Gasteiger partial charge in [0.05, 0.1) is 4.90 Å². The van der Waals surface area contributed by atoms with Gasteiger partial charge in [-0.05, 0) is 63.0 Å². The van der Waals surface area contributed by atoms with E-state index >= 15 is 0 Å². The maximum absolute atomic E-state index is 12.8. The van der Waals surface area contributed by atoms with Crippen LogP contribution in [0, 0.1) is 0 Å². The summed E-state index contributed by atoms with van der Waals surface area (Å²) < 4.78 is 28.7. The maximum Gasteiger partial charge on any atom is 0.241 e. The normalized spacial score (nSPS) is 22.3. The molecule has 4 nitrogen and oxygen atoms in total. The fraction of sp³-hybridized carbons (Fsp3) is 0.647. The van der Waals surface area contributed by atoms with Gasteiger partial charge in [-0.2, -0.15) is 0 Å². The molecule has 1 aromatic rings. The van der Waals surface area contributed by atoms with Gasteiger partial charge in [-0.3, -0.25) is 0 Å². The van der Waals surface area contributed by atoms with Gasteiger partial charge in [0.15, 0.2) is 0 Å². The molecular formula is C17H25ClN2O2S. The lowest BCUT2D eigenvalue weighted by atomic mass is 9.82. The summed E-state index contributed by atoms with van der Waals surface area (Å²) >= 11 is 5.87. The Kier molecular flexibility index (Phi) is 5.31. The molecule has 0 amide bonds. The van der Waals surface area contributed by atoms with Crippen molar-refractivity contribution in [1.82, 2.24) is 9.62 Å². The van der Waals surface area contributed by atoms with Gasteiger partial charge in [0.1, 0.15) is 0 Å². The Morgan fingerprint density at radius 3 is 2.22 bits per heavy atom. The molecule has 2 aliphatic rings. The van der Waals surface area contributed by atoms with Crippen LogP contribution in [-0.4, -0.2) is 38.5 Å². The SMILES string of the molecule is O=S(=O)(NC1(CN2CCCC2)CCCCC1)c1ccc(Cl)cc1. The first-order valence-electron chi connectivity index (χ1n) is 8.51. The van der Waals surface area contributed by atoms with Crippen molar-refractivity contribution in [3.63, 3.8) is 0 Å². The quantitative estimate of drug-likeness (QED) is 0.879. The highest BCUT2D eigenvalue weighted by Gasteiger charge is 2.38. The second kappa shape index (κ2) is 7.09. The van der Waals surface area contributed by atoms with E-state index in [1.807, 2.05) is 0 Å². The third-order valence-corrected chi connectivity index (χ3v) is 6.86. The predicted molar refractivity (Wildman–Crippen MR) is 93.3 cm³/mol. The average molecular weight is 357 g/mol. The van der Waals surface area contributed by atoms with Crippen molar-refractivity contribution in [3.8, 4) is 0 Å². The smallest absolute Gasteiger partial charge is 0.241 e. The lowest BCUT2D eigenvalue weighted by Crippen LogP contribution is -2.56. The molecule has 6 heteroatoms. The molecule has 23 heavy (non-hydrogen) atoms. The number of rotatable bonds is 5. The zero-order valence-electron chi connectivity index (χ0n) is 13.4. The minimum Gasteiger partial charge on any atom is -0.301 e. The van der Waals surface area contributed by atoms with Crippen LogP contribution >= 0.6 is 11.6 Å². The third kappa shape index (κ3) is 4.27. The van der Waals surface area contributed by atoms with E-state index in [1.54, 1.807) is 24.3 Å². The predicted octanol–water partition coefficient (Wildman–Crippen LogP) is 3.42. The fourth-order valence-electron chi connectivity index (χ4n) is 3.85. The van der Waals surface area contributed by atoms with Crippen molar-refractivity contribution in [3.05, 3.63) is 29.3 Å². The molecule has 2 fully saturated rings. The number of nitrogens with zero attached hydrogens (tertiary/aromatic N) is 1. The van der Waals surface area contributed by atoms with Crippen LogP contribution in [0.4, 0.5) is 0 Å². The number of sulfonamides is 1. The summed E-state index contributed by atoms with van der Waals surface area (Å²) in [6.45, 7) is 3.01. The van der Waals surface area contributed by atoms with Crippen LogP contribution in [0.5, 0.6) is 0 Å². The van der Waals surface area contributed by atoms with E-state index in [1.165, 1.54) is 19.3 Å². The van der Waals surface area contributed by atoms with E-state index in [2.05, 4.69) is 9.62 Å². The van der Waals surface area contributed by atoms with Gasteiger partial charge in [-0.25, -0.2) is 13.1 Å². The summed E-state index contributed by atoms with van der Waals surface area (Å²) in [5.41, 5.74) is -0.318. The van der Waals surface area contributed by atoms with E-state index < -0.39 is 10.0 Å². The van der Waals surface area contributed by atoms with Crippen LogP contribution in [-0.2, 0) is 10.0 Å². The Bertz CT molecular complexity index is 618. The molecule has 1 heterocycles. The molecule has 0 bridgehead atoms. The van der Waals surface area contributed by atoms with Gasteiger partial charge in [-0.1, -0.05) is 30.9 Å². The fourth-order valence-corrected chi connectivity index (χ4v) is 5.42. The number of halogens is 1. The van der Waals surface area contributed by atoms with Crippen molar-refractivity contribution in [2.24, 2.45) is 0 Å². The summed E-state index contributed by atoms with van der Waals surface area (Å²) in [5.74, 6) is 0. The molecule has 1 N–H and O–H groups in total. The Balaban J connectivity index is 1.80. The molecule has 128 valence electrons. The summed E-state index contributed by atoms with van der Waals surface area (Å²) in [6, 6.07) is 6.42. The Hall–Kier alpha value is -0.620. The van der Waals surface area contributed by atoms with Gasteiger partial charge in [0.2, 0.25) is 10.0 Å². The molecule has 1 saturated heterocycles. The lowest BCUT2D eigenvalue weighted by molar-refractivity contribution is 0.181. The largest absolute Gasteiger partial charge is 0.301 e. The van der Waals surface area contributed by atoms with Gasteiger partial charge in [0, 0.05) is 17.1 Å². The highest BCUT2D eigenvalue weighted by molar-refractivity contribution is 7.89. The highest BCUT2D eigenvalue weighted by atomic mass is 35.5. The van der Waals surface area contributed by atoms with Crippen molar-refractivity contribution in [2.45, 2.75) is 55.4 Å². The number of benzene rings is 1. The van der Waals surface area contributed by atoms with E-state index in [0.717, 1.165) is 45.3 Å². The van der Waals surface area contributed by atoms with E-state index in [9.17, 15) is 8.42 Å². The van der Waals surface area contributed by atoms with Crippen molar-refractivity contribution < 1.29 is 8.42 Å². The minimum absolute atomic E-state index is 0.299. The average Bonchev–Trinajstić information content (AvgIpc) is 3.00. The Morgan fingerprint density at radius 2 is 1.61 bits per heavy atom. The Morgan fingerprint density at radius 1 is 1.00 bits per heavy atom. The first-order chi connectivity index (χ1) is 11.0. The number of nitrogens with one attached hydrogen (secondary N) is 1. The molecule has 3 rings (SSSR count). The van der Waals surface area contributed by atoms with E-state index in [4.69, 9.17) is 11.6 Å². The number of likely N-dealkylation sites (tertiary alicyclic amines) is 1. The standard InChI is InChI=1S/C17H25ClN2O2S/c18-15-6-8-16(9-7-15)23(21,22)19-17(10-2-1-3-11-17)14-20-12-4-5-13-20/h6-9,19H,1-5,10-14H2. The van der Waals surface area contributed by atoms with Crippen molar-refractivity contribution in [2.75, 3.05) is 19.6 Å². The van der Waals surface area contributed by atoms with E-state index in [-0.39, 0.29) is 5.54 Å². The topological polar surface area (TPSA) is 49.4 Å². The second-order valence-corrected chi connectivity index (χ2v) is 9.00. The van der Waals surface area contributed by atoms with Crippen molar-refractivity contribution >= 4 is 21.6 Å². The molecule has 0 aromatic heterocycles. The van der Waals surface area contributed by atoms with Crippen LogP contribution in [0.2, 0.25) is 5.02 Å². The third-order valence-electron chi connectivity index (χ3n) is 5.01. The molecule has 1 aliphatic carbocycles. The molecule has 1 aromatic carbocycles. The first-order valence-corrected chi connectivity index (χ1v) is 10.4. The van der Waals surface area contributed by atoms with Crippen LogP contribution in [0.1, 0.15) is 44.9 Å². The van der Waals surface area contributed by atoms with Crippen molar-refractivity contribution in [1.29, 1.82) is 0 Å². The number of hydrogen-bond acceptors (Lipinski definition) is 3. The molecular weight excluding hydrogens is 332 g/mol. The molecule has 0 radical (unpaired) electrons. The van der Waals surface area contributed by atoms with E-state index in [0.29, 0.717) is 9.92 Å². The van der Waals surface area contributed by atoms with Crippen LogP contribution in [0.15, 0.2) is 29.2 Å². The zero-order valence-corrected chi connectivity index (χ0v) is 15.0. The van der Waals surface area contributed by atoms with Gasteiger partial charge in [-0.15, -0.1) is 0 Å². The molecule has 0 spiro atoms. The Labute approximate surface area is 144 Å². The molecule has 0 atom stereocenters. The maximum atomic E-state index is 12.8. The summed E-state index contributed by atoms with van der Waals surface area (Å²) in [5, 5.41) is 0.549. The summed E-state index contributed by atoms with van der Waals surface area (Å²) in [4.78, 5) is 2.71. The number of hydrogen-bond donors (Lipinski definition) is 1. The van der Waals surface area contributed by atoms with Gasteiger partial charge < -0.3 is 4.90 Å². The minimum atomic E-state index is -3.51. The van der Waals surface area contributed by atoms with Gasteiger partial charge in [0.25, 0.3) is 0 Å². The summed E-state index contributed by atoms with van der Waals surface area (Å²) in [7, 11) is -3.51. The first kappa shape index (κ1) is 17.2. The van der Waals surface area contributed by atoms with Crippen LogP contribution in [0.3, 0.4) is 0 Å². The second-order valence-electron chi connectivity index (χ2n) is 6.88.